The molecule has 104 valence electrons. The maximum absolute atomic E-state index is 14.1. The smallest absolute Gasteiger partial charge is 0.131 e. The summed E-state index contributed by atoms with van der Waals surface area (Å²) >= 11 is 0. The van der Waals surface area contributed by atoms with Gasteiger partial charge in [0.25, 0.3) is 0 Å². The van der Waals surface area contributed by atoms with E-state index in [2.05, 4.69) is 12.1 Å². The molecule has 20 heavy (non-hydrogen) atoms. The lowest BCUT2D eigenvalue weighted by Gasteiger charge is -2.17. The van der Waals surface area contributed by atoms with Crippen LogP contribution < -0.4 is 5.73 Å². The van der Waals surface area contributed by atoms with E-state index in [-0.39, 0.29) is 11.9 Å². The molecule has 0 aromatic heterocycles. The minimum Gasteiger partial charge on any atom is -0.324 e. The van der Waals surface area contributed by atoms with Crippen molar-refractivity contribution in [2.75, 3.05) is 0 Å². The van der Waals surface area contributed by atoms with Gasteiger partial charge in [0, 0.05) is 11.6 Å². The topological polar surface area (TPSA) is 26.0 Å². The molecular weight excluding hydrogens is 249 g/mol. The standard InChI is InChI=1S/C18H20FN/c1-12(20)14-8-9-18(19)17(11-14)16-7-6-13-4-2-3-5-15(13)10-16/h6-12H,2-5,20H2,1H3. The van der Waals surface area contributed by atoms with Crippen LogP contribution in [0.4, 0.5) is 4.39 Å². The second-order valence-electron chi connectivity index (χ2n) is 5.72. The van der Waals surface area contributed by atoms with E-state index in [4.69, 9.17) is 5.73 Å². The Morgan fingerprint density at radius 3 is 2.50 bits per heavy atom. The summed E-state index contributed by atoms with van der Waals surface area (Å²) in [7, 11) is 0. The van der Waals surface area contributed by atoms with Crippen molar-refractivity contribution in [3.05, 3.63) is 58.9 Å². The van der Waals surface area contributed by atoms with Crippen LogP contribution in [0.2, 0.25) is 0 Å². The lowest BCUT2D eigenvalue weighted by molar-refractivity contribution is 0.629. The summed E-state index contributed by atoms with van der Waals surface area (Å²) in [5.74, 6) is -0.176. The number of rotatable bonds is 2. The summed E-state index contributed by atoms with van der Waals surface area (Å²) in [5.41, 5.74) is 11.3. The number of nitrogens with two attached hydrogens (primary N) is 1. The Bertz CT molecular complexity index is 631. The number of benzene rings is 2. The zero-order valence-corrected chi connectivity index (χ0v) is 11.8. The summed E-state index contributed by atoms with van der Waals surface area (Å²) in [6, 6.07) is 11.4. The van der Waals surface area contributed by atoms with Crippen molar-refractivity contribution in [1.29, 1.82) is 0 Å². The number of hydrogen-bond donors (Lipinski definition) is 1. The molecule has 0 aliphatic heterocycles. The van der Waals surface area contributed by atoms with Gasteiger partial charge in [0.05, 0.1) is 0 Å². The maximum Gasteiger partial charge on any atom is 0.131 e. The molecule has 1 nitrogen and oxygen atoms in total. The quantitative estimate of drug-likeness (QED) is 0.859. The monoisotopic (exact) mass is 269 g/mol. The molecule has 0 saturated carbocycles. The second kappa shape index (κ2) is 5.37. The average molecular weight is 269 g/mol. The molecule has 1 aliphatic rings. The van der Waals surface area contributed by atoms with Crippen LogP contribution in [-0.2, 0) is 12.8 Å². The SMILES string of the molecule is CC(N)c1ccc(F)c(-c2ccc3c(c2)CCCC3)c1. The van der Waals surface area contributed by atoms with Crippen LogP contribution in [0.3, 0.4) is 0 Å². The summed E-state index contributed by atoms with van der Waals surface area (Å²) in [6.45, 7) is 1.92. The highest BCUT2D eigenvalue weighted by molar-refractivity contribution is 5.66. The first kappa shape index (κ1) is 13.3. The third-order valence-corrected chi connectivity index (χ3v) is 4.18. The van der Waals surface area contributed by atoms with E-state index in [1.165, 1.54) is 30.0 Å². The number of aryl methyl sites for hydroxylation is 2. The van der Waals surface area contributed by atoms with E-state index in [0.29, 0.717) is 5.56 Å². The Hall–Kier alpha value is -1.67. The second-order valence-corrected chi connectivity index (χ2v) is 5.72. The highest BCUT2D eigenvalue weighted by Crippen LogP contribution is 2.30. The van der Waals surface area contributed by atoms with Gasteiger partial charge in [0.1, 0.15) is 5.82 Å². The van der Waals surface area contributed by atoms with Gasteiger partial charge in [-0.05, 0) is 67.0 Å². The van der Waals surface area contributed by atoms with Crippen LogP contribution >= 0.6 is 0 Å². The van der Waals surface area contributed by atoms with E-state index < -0.39 is 0 Å². The highest BCUT2D eigenvalue weighted by atomic mass is 19.1. The van der Waals surface area contributed by atoms with E-state index in [0.717, 1.165) is 24.0 Å². The van der Waals surface area contributed by atoms with Crippen LogP contribution in [-0.4, -0.2) is 0 Å². The molecule has 1 atom stereocenters. The van der Waals surface area contributed by atoms with Crippen molar-refractivity contribution < 1.29 is 4.39 Å². The van der Waals surface area contributed by atoms with Crippen molar-refractivity contribution in [2.24, 2.45) is 5.73 Å². The van der Waals surface area contributed by atoms with E-state index in [1.807, 2.05) is 19.1 Å². The van der Waals surface area contributed by atoms with E-state index >= 15 is 0 Å². The predicted molar refractivity (Wildman–Crippen MR) is 81.1 cm³/mol. The zero-order valence-electron chi connectivity index (χ0n) is 11.8. The van der Waals surface area contributed by atoms with E-state index in [1.54, 1.807) is 6.07 Å². The van der Waals surface area contributed by atoms with Crippen molar-refractivity contribution in [2.45, 2.75) is 38.6 Å². The molecule has 0 radical (unpaired) electrons. The minimum atomic E-state index is -0.176. The first-order valence-electron chi connectivity index (χ1n) is 7.32. The first-order chi connectivity index (χ1) is 9.65. The molecule has 0 spiro atoms. The van der Waals surface area contributed by atoms with Gasteiger partial charge in [0.2, 0.25) is 0 Å². The summed E-state index contributed by atoms with van der Waals surface area (Å²) in [4.78, 5) is 0. The Morgan fingerprint density at radius 2 is 1.75 bits per heavy atom. The fourth-order valence-electron chi connectivity index (χ4n) is 2.95. The van der Waals surface area contributed by atoms with Crippen LogP contribution in [0.25, 0.3) is 11.1 Å². The van der Waals surface area contributed by atoms with Crippen molar-refractivity contribution in [3.8, 4) is 11.1 Å². The largest absolute Gasteiger partial charge is 0.324 e. The van der Waals surface area contributed by atoms with Gasteiger partial charge < -0.3 is 5.73 Å². The van der Waals surface area contributed by atoms with E-state index in [9.17, 15) is 4.39 Å². The lowest BCUT2D eigenvalue weighted by Crippen LogP contribution is -2.06. The molecule has 2 N–H and O–H groups in total. The summed E-state index contributed by atoms with van der Waals surface area (Å²) < 4.78 is 14.1. The third-order valence-electron chi connectivity index (χ3n) is 4.18. The molecular formula is C18H20FN. The third kappa shape index (κ3) is 2.48. The van der Waals surface area contributed by atoms with Gasteiger partial charge in [-0.15, -0.1) is 0 Å². The van der Waals surface area contributed by atoms with Gasteiger partial charge >= 0.3 is 0 Å². The molecule has 3 rings (SSSR count). The van der Waals surface area contributed by atoms with Crippen molar-refractivity contribution in [1.82, 2.24) is 0 Å². The van der Waals surface area contributed by atoms with Gasteiger partial charge in [-0.1, -0.05) is 24.3 Å². The van der Waals surface area contributed by atoms with Gasteiger partial charge in [-0.3, -0.25) is 0 Å². The number of fused-ring (bicyclic) bond motifs is 1. The fourth-order valence-corrected chi connectivity index (χ4v) is 2.95. The van der Waals surface area contributed by atoms with Crippen LogP contribution in [0.5, 0.6) is 0 Å². The molecule has 0 bridgehead atoms. The summed E-state index contributed by atoms with van der Waals surface area (Å²) in [6.07, 6.45) is 4.76. The maximum atomic E-state index is 14.1. The normalized spacial score (nSPS) is 15.8. The lowest BCUT2D eigenvalue weighted by atomic mass is 9.88. The van der Waals surface area contributed by atoms with Crippen LogP contribution in [0.1, 0.15) is 42.5 Å². The average Bonchev–Trinajstić information content (AvgIpc) is 2.47. The number of halogens is 1. The molecule has 1 aliphatic carbocycles. The molecule has 0 saturated heterocycles. The zero-order chi connectivity index (χ0) is 14.1. The molecule has 0 amide bonds. The Kier molecular flexibility index (Phi) is 3.58. The molecule has 0 fully saturated rings. The fraction of sp³-hybridized carbons (Fsp3) is 0.333. The molecule has 2 aromatic carbocycles. The molecule has 0 heterocycles. The van der Waals surface area contributed by atoms with Crippen molar-refractivity contribution >= 4 is 0 Å². The van der Waals surface area contributed by atoms with Crippen molar-refractivity contribution in [3.63, 3.8) is 0 Å². The van der Waals surface area contributed by atoms with Gasteiger partial charge in [-0.2, -0.15) is 0 Å². The first-order valence-corrected chi connectivity index (χ1v) is 7.32. The van der Waals surface area contributed by atoms with Crippen LogP contribution in [0.15, 0.2) is 36.4 Å². The Balaban J connectivity index is 2.06. The predicted octanol–water partition coefficient (Wildman–Crippen LogP) is 4.39. The minimum absolute atomic E-state index is 0.0769. The van der Waals surface area contributed by atoms with Gasteiger partial charge in [-0.25, -0.2) is 4.39 Å². The Labute approximate surface area is 119 Å². The highest BCUT2D eigenvalue weighted by Gasteiger charge is 2.13. The Morgan fingerprint density at radius 1 is 1.00 bits per heavy atom. The molecule has 2 aromatic rings. The number of hydrogen-bond acceptors (Lipinski definition) is 1. The molecule has 2 heteroatoms. The van der Waals surface area contributed by atoms with Gasteiger partial charge in [0.15, 0.2) is 0 Å². The molecule has 1 unspecified atom stereocenters. The summed E-state index contributed by atoms with van der Waals surface area (Å²) in [5, 5.41) is 0. The van der Waals surface area contributed by atoms with Crippen LogP contribution in [0, 0.1) is 5.82 Å².